The first-order chi connectivity index (χ1) is 11.2. The molecule has 0 N–H and O–H groups in total. The highest BCUT2D eigenvalue weighted by atomic mass is 16.1. The lowest BCUT2D eigenvalue weighted by Crippen LogP contribution is -2.55. The zero-order valence-corrected chi connectivity index (χ0v) is 13.7. The van der Waals surface area contributed by atoms with Gasteiger partial charge in [0.25, 0.3) is 0 Å². The van der Waals surface area contributed by atoms with Gasteiger partial charge < -0.3 is 0 Å². The van der Waals surface area contributed by atoms with E-state index in [0.717, 1.165) is 32.7 Å². The molecule has 0 bridgehead atoms. The highest BCUT2D eigenvalue weighted by Crippen LogP contribution is 2.17. The summed E-state index contributed by atoms with van der Waals surface area (Å²) in [7, 11) is 0. The number of piperazine rings is 1. The average Bonchev–Trinajstić information content (AvgIpc) is 2.58. The van der Waals surface area contributed by atoms with Crippen LogP contribution in [0.5, 0.6) is 0 Å². The van der Waals surface area contributed by atoms with Gasteiger partial charge in [-0.25, -0.2) is 0 Å². The number of ketones is 1. The van der Waals surface area contributed by atoms with E-state index in [0.29, 0.717) is 0 Å². The first kappa shape index (κ1) is 15.9. The summed E-state index contributed by atoms with van der Waals surface area (Å²) in [6.45, 7) is 6.25. The van der Waals surface area contributed by atoms with Gasteiger partial charge in [-0.05, 0) is 18.1 Å². The minimum absolute atomic E-state index is 0.00679. The van der Waals surface area contributed by atoms with Gasteiger partial charge in [0.05, 0.1) is 6.04 Å². The highest BCUT2D eigenvalue weighted by molar-refractivity contribution is 5.81. The van der Waals surface area contributed by atoms with Crippen molar-refractivity contribution in [1.82, 2.24) is 9.80 Å². The first-order valence-electron chi connectivity index (χ1n) is 8.27. The Bertz CT molecular complexity index is 627. The Morgan fingerprint density at radius 2 is 1.48 bits per heavy atom. The number of hydrogen-bond donors (Lipinski definition) is 0. The molecule has 1 unspecified atom stereocenters. The van der Waals surface area contributed by atoms with E-state index >= 15 is 0 Å². The van der Waals surface area contributed by atoms with Crippen LogP contribution in [0.25, 0.3) is 0 Å². The molecule has 3 rings (SSSR count). The monoisotopic (exact) mass is 308 g/mol. The van der Waals surface area contributed by atoms with Crippen LogP contribution in [0, 0.1) is 0 Å². The summed E-state index contributed by atoms with van der Waals surface area (Å²) in [4.78, 5) is 16.8. The smallest absolute Gasteiger partial charge is 0.148 e. The Labute approximate surface area is 138 Å². The molecule has 1 aliphatic heterocycles. The van der Waals surface area contributed by atoms with Crippen LogP contribution in [0.1, 0.15) is 18.1 Å². The lowest BCUT2D eigenvalue weighted by molar-refractivity contribution is -0.125. The van der Waals surface area contributed by atoms with Crippen molar-refractivity contribution in [1.29, 1.82) is 0 Å². The molecular formula is C20H24N2O. The van der Waals surface area contributed by atoms with E-state index in [1.807, 2.05) is 12.1 Å². The average molecular weight is 308 g/mol. The molecule has 0 saturated carbocycles. The second-order valence-electron chi connectivity index (χ2n) is 6.30. The number of rotatable bonds is 5. The summed E-state index contributed by atoms with van der Waals surface area (Å²) in [6, 6.07) is 20.9. The first-order valence-corrected chi connectivity index (χ1v) is 8.27. The van der Waals surface area contributed by atoms with Crippen molar-refractivity contribution >= 4 is 5.78 Å². The van der Waals surface area contributed by atoms with Gasteiger partial charge in [-0.3, -0.25) is 14.6 Å². The van der Waals surface area contributed by atoms with Gasteiger partial charge in [0.15, 0.2) is 0 Å². The summed E-state index contributed by atoms with van der Waals surface area (Å²) in [5.74, 6) is 0.263. The molecule has 1 fully saturated rings. The van der Waals surface area contributed by atoms with Gasteiger partial charge in [-0.15, -0.1) is 0 Å². The Morgan fingerprint density at radius 1 is 0.913 bits per heavy atom. The Morgan fingerprint density at radius 3 is 2.04 bits per heavy atom. The Balaban J connectivity index is 1.65. The third-order valence-electron chi connectivity index (χ3n) is 4.52. The highest BCUT2D eigenvalue weighted by Gasteiger charge is 2.29. The van der Waals surface area contributed by atoms with Crippen LogP contribution < -0.4 is 0 Å². The predicted octanol–water partition coefficient (Wildman–Crippen LogP) is 2.96. The maximum absolute atomic E-state index is 12.1. The fourth-order valence-corrected chi connectivity index (χ4v) is 3.26. The normalized spacial score (nSPS) is 19.6. The summed E-state index contributed by atoms with van der Waals surface area (Å²) >= 11 is 0. The van der Waals surface area contributed by atoms with Crippen LogP contribution in [0.3, 0.4) is 0 Å². The van der Waals surface area contributed by atoms with Crippen LogP contribution in [-0.4, -0.2) is 41.3 Å². The van der Waals surface area contributed by atoms with Gasteiger partial charge in [0.1, 0.15) is 5.78 Å². The van der Waals surface area contributed by atoms with Gasteiger partial charge in [0, 0.05) is 32.7 Å². The summed E-state index contributed by atoms with van der Waals surface area (Å²) in [5, 5.41) is 0. The number of hydrogen-bond acceptors (Lipinski definition) is 3. The van der Waals surface area contributed by atoms with Gasteiger partial charge in [-0.2, -0.15) is 0 Å². The van der Waals surface area contributed by atoms with E-state index in [9.17, 15) is 4.79 Å². The van der Waals surface area contributed by atoms with Gasteiger partial charge in [0.2, 0.25) is 0 Å². The molecule has 1 aliphatic rings. The van der Waals surface area contributed by atoms with Gasteiger partial charge >= 0.3 is 0 Å². The molecule has 0 aliphatic carbocycles. The van der Waals surface area contributed by atoms with Crippen molar-refractivity contribution in [2.75, 3.05) is 19.6 Å². The molecule has 0 radical (unpaired) electrons. The molecule has 3 nitrogen and oxygen atoms in total. The quantitative estimate of drug-likeness (QED) is 0.848. The van der Waals surface area contributed by atoms with Crippen molar-refractivity contribution in [3.8, 4) is 0 Å². The third kappa shape index (κ3) is 4.27. The largest absolute Gasteiger partial charge is 0.298 e. The molecule has 1 heterocycles. The van der Waals surface area contributed by atoms with E-state index in [4.69, 9.17) is 0 Å². The molecule has 0 amide bonds. The SMILES string of the molecule is CC(=O)C1CN(Cc2ccccc2)CCN1Cc1ccccc1. The minimum atomic E-state index is -0.00679. The van der Waals surface area contributed by atoms with Crippen LogP contribution in [0.15, 0.2) is 60.7 Å². The second kappa shape index (κ2) is 7.53. The molecule has 2 aromatic rings. The number of nitrogens with zero attached hydrogens (tertiary/aromatic N) is 2. The van der Waals surface area contributed by atoms with Crippen molar-refractivity contribution in [3.05, 3.63) is 71.8 Å². The van der Waals surface area contributed by atoms with Crippen LogP contribution >= 0.6 is 0 Å². The molecule has 2 aromatic carbocycles. The van der Waals surface area contributed by atoms with E-state index in [1.54, 1.807) is 6.92 Å². The Kier molecular flexibility index (Phi) is 5.21. The van der Waals surface area contributed by atoms with E-state index in [2.05, 4.69) is 58.3 Å². The van der Waals surface area contributed by atoms with E-state index < -0.39 is 0 Å². The molecule has 0 spiro atoms. The topological polar surface area (TPSA) is 23.6 Å². The third-order valence-corrected chi connectivity index (χ3v) is 4.52. The number of carbonyl (C=O) groups is 1. The van der Waals surface area contributed by atoms with Gasteiger partial charge in [-0.1, -0.05) is 60.7 Å². The fourth-order valence-electron chi connectivity index (χ4n) is 3.26. The lowest BCUT2D eigenvalue weighted by atomic mass is 10.1. The van der Waals surface area contributed by atoms with Crippen molar-refractivity contribution in [2.24, 2.45) is 0 Å². The second-order valence-corrected chi connectivity index (χ2v) is 6.30. The minimum Gasteiger partial charge on any atom is -0.298 e. The summed E-state index contributed by atoms with van der Waals surface area (Å²) < 4.78 is 0. The van der Waals surface area contributed by atoms with Crippen molar-refractivity contribution < 1.29 is 4.79 Å². The van der Waals surface area contributed by atoms with E-state index in [1.165, 1.54) is 11.1 Å². The number of Topliss-reactive ketones (excluding diaryl/α,β-unsaturated/α-hetero) is 1. The fraction of sp³-hybridized carbons (Fsp3) is 0.350. The zero-order valence-electron chi connectivity index (χ0n) is 13.7. The molecule has 0 aromatic heterocycles. The number of benzene rings is 2. The standard InChI is InChI=1S/C20H24N2O/c1-17(23)20-16-21(14-18-8-4-2-5-9-18)12-13-22(20)15-19-10-6-3-7-11-19/h2-11,20H,12-16H2,1H3. The predicted molar refractivity (Wildman–Crippen MR) is 93.0 cm³/mol. The summed E-state index contributed by atoms with van der Waals surface area (Å²) in [5.41, 5.74) is 2.58. The molecule has 23 heavy (non-hydrogen) atoms. The summed E-state index contributed by atoms with van der Waals surface area (Å²) in [6.07, 6.45) is 0. The maximum atomic E-state index is 12.1. The molecular weight excluding hydrogens is 284 g/mol. The van der Waals surface area contributed by atoms with Crippen LogP contribution in [0.2, 0.25) is 0 Å². The van der Waals surface area contributed by atoms with Crippen molar-refractivity contribution in [2.45, 2.75) is 26.1 Å². The van der Waals surface area contributed by atoms with Crippen LogP contribution in [0.4, 0.5) is 0 Å². The molecule has 1 atom stereocenters. The molecule has 1 saturated heterocycles. The molecule has 3 heteroatoms. The molecule has 120 valence electrons. The Hall–Kier alpha value is -1.97. The van der Waals surface area contributed by atoms with Crippen LogP contribution in [-0.2, 0) is 17.9 Å². The number of carbonyl (C=O) groups excluding carboxylic acids is 1. The lowest BCUT2D eigenvalue weighted by Gasteiger charge is -2.40. The van der Waals surface area contributed by atoms with E-state index in [-0.39, 0.29) is 11.8 Å². The zero-order chi connectivity index (χ0) is 16.1. The maximum Gasteiger partial charge on any atom is 0.148 e. The van der Waals surface area contributed by atoms with Crippen molar-refractivity contribution in [3.63, 3.8) is 0 Å².